The van der Waals surface area contributed by atoms with Crippen LogP contribution in [0, 0.1) is 11.3 Å². The van der Waals surface area contributed by atoms with E-state index >= 15 is 0 Å². The Morgan fingerprint density at radius 2 is 1.95 bits per heavy atom. The van der Waals surface area contributed by atoms with Crippen molar-refractivity contribution in [2.45, 2.75) is 6.18 Å². The van der Waals surface area contributed by atoms with Gasteiger partial charge in [0.25, 0.3) is 0 Å². The molecule has 1 aromatic heterocycles. The fourth-order valence-corrected chi connectivity index (χ4v) is 2.04. The highest BCUT2D eigenvalue weighted by molar-refractivity contribution is 6.39. The summed E-state index contributed by atoms with van der Waals surface area (Å²) in [5, 5.41) is 23.7. The SMILES string of the molecule is N#CC(=CNc1c(Cl)cc(C(F)(F)F)cc1Cl)c1nn[nH]n1. The first kappa shape index (κ1) is 16.1. The summed E-state index contributed by atoms with van der Waals surface area (Å²) in [5.74, 6) is 0.00848. The molecule has 11 heteroatoms. The van der Waals surface area contributed by atoms with Crippen molar-refractivity contribution in [3.05, 3.63) is 39.8 Å². The van der Waals surface area contributed by atoms with Crippen molar-refractivity contribution in [3.63, 3.8) is 0 Å². The van der Waals surface area contributed by atoms with Crippen LogP contribution in [0.2, 0.25) is 10.0 Å². The second kappa shape index (κ2) is 6.21. The lowest BCUT2D eigenvalue weighted by Gasteiger charge is -2.12. The second-order valence-electron chi connectivity index (χ2n) is 3.86. The van der Waals surface area contributed by atoms with Gasteiger partial charge in [0, 0.05) is 6.20 Å². The monoisotopic (exact) mass is 348 g/mol. The molecule has 0 bridgehead atoms. The zero-order valence-electron chi connectivity index (χ0n) is 10.4. The summed E-state index contributed by atoms with van der Waals surface area (Å²) in [7, 11) is 0. The molecule has 0 amide bonds. The first-order valence-electron chi connectivity index (χ1n) is 5.49. The number of aromatic amines is 1. The Bertz CT molecular complexity index is 725. The van der Waals surface area contributed by atoms with Gasteiger partial charge in [-0.05, 0) is 17.3 Å². The largest absolute Gasteiger partial charge is 0.416 e. The summed E-state index contributed by atoms with van der Waals surface area (Å²) in [4.78, 5) is 0. The fraction of sp³-hybridized carbons (Fsp3) is 0.0909. The number of nitrogens with zero attached hydrogens (tertiary/aromatic N) is 4. The van der Waals surface area contributed by atoms with Crippen LogP contribution in [0.4, 0.5) is 18.9 Å². The summed E-state index contributed by atoms with van der Waals surface area (Å²) in [6, 6.07) is 3.25. The van der Waals surface area contributed by atoms with Gasteiger partial charge in [0.15, 0.2) is 0 Å². The minimum absolute atomic E-state index is 0.00848. The molecule has 0 fully saturated rings. The zero-order valence-corrected chi connectivity index (χ0v) is 11.9. The topological polar surface area (TPSA) is 90.3 Å². The number of halogens is 5. The van der Waals surface area contributed by atoms with Crippen molar-refractivity contribution in [3.8, 4) is 6.07 Å². The van der Waals surface area contributed by atoms with E-state index in [1.807, 2.05) is 0 Å². The van der Waals surface area contributed by atoms with Crippen molar-refractivity contribution in [1.29, 1.82) is 5.26 Å². The smallest absolute Gasteiger partial charge is 0.358 e. The van der Waals surface area contributed by atoms with Gasteiger partial charge in [-0.25, -0.2) is 0 Å². The highest BCUT2D eigenvalue weighted by Crippen LogP contribution is 2.38. The molecule has 0 aliphatic heterocycles. The molecule has 2 rings (SSSR count). The quantitative estimate of drug-likeness (QED) is 0.828. The molecular weight excluding hydrogens is 344 g/mol. The van der Waals surface area contributed by atoms with Crippen LogP contribution in [0.15, 0.2) is 18.3 Å². The van der Waals surface area contributed by atoms with Crippen molar-refractivity contribution in [2.75, 3.05) is 5.32 Å². The highest BCUT2D eigenvalue weighted by Gasteiger charge is 2.32. The van der Waals surface area contributed by atoms with E-state index in [0.717, 1.165) is 18.3 Å². The van der Waals surface area contributed by atoms with Crippen LogP contribution in [0.1, 0.15) is 11.4 Å². The number of H-pyrrole nitrogens is 1. The molecular formula is C11H5Cl2F3N6. The Labute approximate surface area is 131 Å². The Hall–Kier alpha value is -2.31. The predicted octanol–water partition coefficient (Wildman–Crippen LogP) is 3.50. The first-order chi connectivity index (χ1) is 10.3. The third-order valence-corrected chi connectivity index (χ3v) is 3.03. The van der Waals surface area contributed by atoms with Gasteiger partial charge in [-0.2, -0.15) is 23.6 Å². The second-order valence-corrected chi connectivity index (χ2v) is 4.68. The third-order valence-electron chi connectivity index (χ3n) is 2.44. The van der Waals surface area contributed by atoms with Crippen LogP contribution in [0.3, 0.4) is 0 Å². The summed E-state index contributed by atoms with van der Waals surface area (Å²) in [6.45, 7) is 0. The van der Waals surface area contributed by atoms with E-state index < -0.39 is 11.7 Å². The Morgan fingerprint density at radius 1 is 1.32 bits per heavy atom. The van der Waals surface area contributed by atoms with Crippen LogP contribution in [-0.4, -0.2) is 20.6 Å². The number of benzene rings is 1. The summed E-state index contributed by atoms with van der Waals surface area (Å²) >= 11 is 11.6. The number of hydrogen-bond donors (Lipinski definition) is 2. The van der Waals surface area contributed by atoms with Gasteiger partial charge < -0.3 is 5.32 Å². The molecule has 22 heavy (non-hydrogen) atoms. The van der Waals surface area contributed by atoms with Crippen molar-refractivity contribution in [1.82, 2.24) is 20.6 Å². The number of tetrazole rings is 1. The van der Waals surface area contributed by atoms with E-state index in [0.29, 0.717) is 0 Å². The van der Waals surface area contributed by atoms with Gasteiger partial charge in [-0.1, -0.05) is 23.2 Å². The molecule has 114 valence electrons. The molecule has 2 N–H and O–H groups in total. The van der Waals surface area contributed by atoms with E-state index in [1.165, 1.54) is 0 Å². The van der Waals surface area contributed by atoms with Crippen molar-refractivity contribution < 1.29 is 13.2 Å². The minimum atomic E-state index is -4.57. The molecule has 1 heterocycles. The number of aromatic nitrogens is 4. The molecule has 0 saturated heterocycles. The lowest BCUT2D eigenvalue weighted by Crippen LogP contribution is -2.05. The number of allylic oxidation sites excluding steroid dienone is 1. The van der Waals surface area contributed by atoms with Gasteiger partial charge in [-0.15, -0.1) is 10.2 Å². The lowest BCUT2D eigenvalue weighted by atomic mass is 10.2. The maximum absolute atomic E-state index is 12.6. The van der Waals surface area contributed by atoms with Gasteiger partial charge >= 0.3 is 6.18 Å². The Kier molecular flexibility index (Phi) is 4.54. The normalized spacial score (nSPS) is 12.1. The molecule has 0 spiro atoms. The van der Waals surface area contributed by atoms with Crippen molar-refractivity contribution >= 4 is 34.5 Å². The van der Waals surface area contributed by atoms with E-state index in [4.69, 9.17) is 28.5 Å². The minimum Gasteiger partial charge on any atom is -0.358 e. The number of hydrogen-bond acceptors (Lipinski definition) is 5. The van der Waals surface area contributed by atoms with E-state index in [2.05, 4.69) is 25.9 Å². The lowest BCUT2D eigenvalue weighted by molar-refractivity contribution is -0.137. The molecule has 0 aliphatic rings. The number of anilines is 1. The molecule has 0 aliphatic carbocycles. The molecule has 0 unspecified atom stereocenters. The number of nitriles is 1. The van der Waals surface area contributed by atoms with Crippen molar-refractivity contribution in [2.24, 2.45) is 0 Å². The van der Waals surface area contributed by atoms with Crippen LogP contribution >= 0.6 is 23.2 Å². The van der Waals surface area contributed by atoms with Gasteiger partial charge in [0.1, 0.15) is 11.6 Å². The molecule has 0 saturated carbocycles. The Balaban J connectivity index is 2.33. The van der Waals surface area contributed by atoms with E-state index in [9.17, 15) is 13.2 Å². The summed E-state index contributed by atoms with van der Waals surface area (Å²) in [5.41, 5.74) is -0.968. The molecule has 0 atom stereocenters. The average Bonchev–Trinajstić information content (AvgIpc) is 2.94. The average molecular weight is 349 g/mol. The van der Waals surface area contributed by atoms with Gasteiger partial charge in [0.05, 0.1) is 21.3 Å². The van der Waals surface area contributed by atoms with Crippen LogP contribution in [0.25, 0.3) is 5.57 Å². The summed E-state index contributed by atoms with van der Waals surface area (Å²) < 4.78 is 37.8. The molecule has 1 aromatic carbocycles. The first-order valence-corrected chi connectivity index (χ1v) is 6.25. The van der Waals surface area contributed by atoms with Gasteiger partial charge in [0.2, 0.25) is 5.82 Å². The number of nitrogens with one attached hydrogen (secondary N) is 2. The number of rotatable bonds is 3. The standard InChI is InChI=1S/C11H5Cl2F3N6/c12-7-1-6(11(14,15)16)2-8(13)9(7)18-4-5(3-17)10-19-21-22-20-10/h1-2,4,18H,(H,19,20,21,22). The number of alkyl halides is 3. The Morgan fingerprint density at radius 3 is 2.41 bits per heavy atom. The van der Waals surface area contributed by atoms with Crippen LogP contribution in [0.5, 0.6) is 0 Å². The maximum atomic E-state index is 12.6. The molecule has 2 aromatic rings. The molecule has 0 radical (unpaired) electrons. The summed E-state index contributed by atoms with van der Waals surface area (Å²) in [6.07, 6.45) is -3.41. The fourth-order valence-electron chi connectivity index (χ4n) is 1.44. The van der Waals surface area contributed by atoms with Crippen LogP contribution in [-0.2, 0) is 6.18 Å². The predicted molar refractivity (Wildman–Crippen MR) is 72.9 cm³/mol. The third kappa shape index (κ3) is 3.47. The molecule has 6 nitrogen and oxygen atoms in total. The van der Waals surface area contributed by atoms with Gasteiger partial charge in [-0.3, -0.25) is 0 Å². The van der Waals surface area contributed by atoms with E-state index in [-0.39, 0.29) is 27.1 Å². The van der Waals surface area contributed by atoms with Crippen LogP contribution < -0.4 is 5.32 Å². The zero-order chi connectivity index (χ0) is 16.3. The maximum Gasteiger partial charge on any atom is 0.416 e. The van der Waals surface area contributed by atoms with E-state index in [1.54, 1.807) is 6.07 Å². The highest BCUT2D eigenvalue weighted by atomic mass is 35.5.